The molecule has 5 rings (SSSR count). The summed E-state index contributed by atoms with van der Waals surface area (Å²) >= 11 is 1.18. The number of nitrogens with one attached hydrogen (secondary N) is 1. The zero-order chi connectivity index (χ0) is 23.7. The van der Waals surface area contributed by atoms with Crippen molar-refractivity contribution in [1.82, 2.24) is 20.1 Å². The number of fused-ring (bicyclic) bond motifs is 1. The van der Waals surface area contributed by atoms with Gasteiger partial charge in [0.2, 0.25) is 0 Å². The molecule has 0 bridgehead atoms. The Bertz CT molecular complexity index is 1350. The largest absolute Gasteiger partial charge is 0.485 e. The maximum atomic E-state index is 13.6. The Hall–Kier alpha value is -3.72. The van der Waals surface area contributed by atoms with Crippen LogP contribution < -0.4 is 14.8 Å². The molecule has 0 saturated carbocycles. The molecule has 7 nitrogen and oxygen atoms in total. The van der Waals surface area contributed by atoms with E-state index in [9.17, 15) is 9.18 Å². The fourth-order valence-corrected chi connectivity index (χ4v) is 4.56. The van der Waals surface area contributed by atoms with E-state index in [2.05, 4.69) is 15.4 Å². The number of aryl methyl sites for hydroxylation is 2. The van der Waals surface area contributed by atoms with Crippen LogP contribution in [-0.4, -0.2) is 20.7 Å². The average Bonchev–Trinajstić information content (AvgIpc) is 3.44. The number of halogens is 1. The van der Waals surface area contributed by atoms with E-state index in [4.69, 9.17) is 9.47 Å². The van der Waals surface area contributed by atoms with Crippen molar-refractivity contribution in [3.8, 4) is 16.7 Å². The van der Waals surface area contributed by atoms with Gasteiger partial charge in [0.15, 0.2) is 0 Å². The van der Waals surface area contributed by atoms with Crippen LogP contribution in [0.25, 0.3) is 0 Å². The van der Waals surface area contributed by atoms with Crippen molar-refractivity contribution in [2.75, 3.05) is 0 Å². The van der Waals surface area contributed by atoms with Crippen LogP contribution in [0.15, 0.2) is 54.9 Å². The summed E-state index contributed by atoms with van der Waals surface area (Å²) in [5.41, 5.74) is 3.82. The number of nitrogens with zero attached hydrogens (tertiary/aromatic N) is 3. The first-order chi connectivity index (χ1) is 16.5. The van der Waals surface area contributed by atoms with E-state index in [0.717, 1.165) is 41.0 Å². The van der Waals surface area contributed by atoms with Gasteiger partial charge in [0.25, 0.3) is 11.1 Å². The van der Waals surface area contributed by atoms with E-state index in [1.165, 1.54) is 29.7 Å². The Morgan fingerprint density at radius 2 is 2.18 bits per heavy atom. The first kappa shape index (κ1) is 22.1. The first-order valence-electron chi connectivity index (χ1n) is 10.9. The number of thiazole rings is 1. The van der Waals surface area contributed by atoms with Crippen LogP contribution in [0, 0.1) is 12.7 Å². The number of carbonyl (C=O) groups excluding carboxylic acids is 1. The number of amides is 1. The van der Waals surface area contributed by atoms with Gasteiger partial charge in [-0.05, 0) is 61.2 Å². The molecule has 174 valence electrons. The number of hydrogen-bond donors (Lipinski definition) is 1. The van der Waals surface area contributed by atoms with Crippen LogP contribution in [0.2, 0.25) is 0 Å². The summed E-state index contributed by atoms with van der Waals surface area (Å²) in [5.74, 6) is 0.911. The second kappa shape index (κ2) is 9.26. The summed E-state index contributed by atoms with van der Waals surface area (Å²) in [4.78, 5) is 17.2. The minimum Gasteiger partial charge on any atom is -0.485 e. The zero-order valence-corrected chi connectivity index (χ0v) is 19.6. The Balaban J connectivity index is 1.21. The van der Waals surface area contributed by atoms with E-state index >= 15 is 0 Å². The van der Waals surface area contributed by atoms with Crippen LogP contribution >= 0.6 is 11.3 Å². The van der Waals surface area contributed by atoms with Gasteiger partial charge in [0.05, 0.1) is 12.4 Å². The lowest BCUT2D eigenvalue weighted by atomic mass is 9.97. The molecule has 0 spiro atoms. The van der Waals surface area contributed by atoms with Crippen LogP contribution in [0.4, 0.5) is 4.39 Å². The number of aromatic nitrogens is 3. The third kappa shape index (κ3) is 4.65. The maximum absolute atomic E-state index is 13.6. The van der Waals surface area contributed by atoms with Crippen molar-refractivity contribution < 1.29 is 18.7 Å². The summed E-state index contributed by atoms with van der Waals surface area (Å²) in [7, 11) is 1.86. The SMILES string of the molecule is Cc1c(CNC(=O)c2cnc(Oc3ccc4c(c3)CC[C@@H](c3cccc(F)c3)O4)s2)cnn1C. The maximum Gasteiger partial charge on any atom is 0.279 e. The van der Waals surface area contributed by atoms with Crippen LogP contribution in [-0.2, 0) is 20.0 Å². The molecule has 34 heavy (non-hydrogen) atoms. The topological polar surface area (TPSA) is 78.3 Å². The van der Waals surface area contributed by atoms with Crippen molar-refractivity contribution in [3.05, 3.63) is 87.9 Å². The van der Waals surface area contributed by atoms with Crippen molar-refractivity contribution in [1.29, 1.82) is 0 Å². The Labute approximate surface area is 200 Å². The van der Waals surface area contributed by atoms with E-state index in [1.54, 1.807) is 23.0 Å². The quantitative estimate of drug-likeness (QED) is 0.417. The fraction of sp³-hybridized carbons (Fsp3) is 0.240. The summed E-state index contributed by atoms with van der Waals surface area (Å²) < 4.78 is 27.3. The molecule has 9 heteroatoms. The molecule has 1 aliphatic rings. The molecule has 1 N–H and O–H groups in total. The van der Waals surface area contributed by atoms with Crippen LogP contribution in [0.5, 0.6) is 16.7 Å². The first-order valence-corrected chi connectivity index (χ1v) is 11.7. The summed E-state index contributed by atoms with van der Waals surface area (Å²) in [6, 6.07) is 12.1. The van der Waals surface area contributed by atoms with Crippen LogP contribution in [0.1, 0.15) is 44.6 Å². The summed E-state index contributed by atoms with van der Waals surface area (Å²) in [5, 5.41) is 7.46. The lowest BCUT2D eigenvalue weighted by Crippen LogP contribution is -2.22. The average molecular weight is 479 g/mol. The minimum atomic E-state index is -0.265. The van der Waals surface area contributed by atoms with Gasteiger partial charge >= 0.3 is 0 Å². The molecule has 3 heterocycles. The predicted molar refractivity (Wildman–Crippen MR) is 126 cm³/mol. The number of carbonyl (C=O) groups is 1. The predicted octanol–water partition coefficient (Wildman–Crippen LogP) is 5.11. The molecular weight excluding hydrogens is 455 g/mol. The number of rotatable bonds is 6. The highest BCUT2D eigenvalue weighted by molar-refractivity contribution is 7.15. The molecule has 0 aliphatic carbocycles. The van der Waals surface area contributed by atoms with Gasteiger partial charge < -0.3 is 14.8 Å². The van der Waals surface area contributed by atoms with Gasteiger partial charge in [0, 0.05) is 24.8 Å². The molecule has 0 unspecified atom stereocenters. The van der Waals surface area contributed by atoms with Gasteiger partial charge in [-0.2, -0.15) is 5.10 Å². The third-order valence-electron chi connectivity index (χ3n) is 5.89. The molecule has 2 aromatic carbocycles. The highest BCUT2D eigenvalue weighted by atomic mass is 32.1. The van der Waals surface area contributed by atoms with Gasteiger partial charge in [-0.15, -0.1) is 0 Å². The monoisotopic (exact) mass is 478 g/mol. The van der Waals surface area contributed by atoms with E-state index in [1.807, 2.05) is 32.2 Å². The summed E-state index contributed by atoms with van der Waals surface area (Å²) in [6.45, 7) is 2.35. The second-order valence-electron chi connectivity index (χ2n) is 8.12. The Kier molecular flexibility index (Phi) is 6.02. The van der Waals surface area contributed by atoms with E-state index < -0.39 is 0 Å². The molecule has 1 aliphatic heterocycles. The molecular formula is C25H23FN4O3S. The number of benzene rings is 2. The lowest BCUT2D eigenvalue weighted by Gasteiger charge is -2.26. The smallest absolute Gasteiger partial charge is 0.279 e. The zero-order valence-electron chi connectivity index (χ0n) is 18.7. The van der Waals surface area contributed by atoms with Gasteiger partial charge in [-0.25, -0.2) is 9.37 Å². The highest BCUT2D eigenvalue weighted by Gasteiger charge is 2.22. The molecule has 4 aromatic rings. The van der Waals surface area contributed by atoms with E-state index in [0.29, 0.717) is 22.4 Å². The molecule has 0 radical (unpaired) electrons. The number of hydrogen-bond acceptors (Lipinski definition) is 6. The van der Waals surface area contributed by atoms with Gasteiger partial charge in [-0.1, -0.05) is 23.5 Å². The van der Waals surface area contributed by atoms with E-state index in [-0.39, 0.29) is 17.8 Å². The van der Waals surface area contributed by atoms with Crippen LogP contribution in [0.3, 0.4) is 0 Å². The van der Waals surface area contributed by atoms with Crippen molar-refractivity contribution >= 4 is 17.2 Å². The van der Waals surface area contributed by atoms with Gasteiger partial charge in [0.1, 0.15) is 28.3 Å². The number of ether oxygens (including phenoxy) is 2. The normalized spacial score (nSPS) is 14.9. The fourth-order valence-electron chi connectivity index (χ4n) is 3.86. The standard InChI is InChI=1S/C25H23FN4O3S/c1-15-18(13-29-30(15)2)12-27-24(31)23-14-28-25(34-23)32-20-7-9-22-17(11-20)6-8-21(33-22)16-4-3-5-19(26)10-16/h3-5,7,9-11,13-14,21H,6,8,12H2,1-2H3,(H,27,31)/t21-/m0/s1. The minimum absolute atomic E-state index is 0.176. The van der Waals surface area contributed by atoms with Crippen molar-refractivity contribution in [3.63, 3.8) is 0 Å². The van der Waals surface area contributed by atoms with Gasteiger partial charge in [-0.3, -0.25) is 9.48 Å². The van der Waals surface area contributed by atoms with Crippen molar-refractivity contribution in [2.45, 2.75) is 32.4 Å². The molecule has 1 atom stereocenters. The Morgan fingerprint density at radius 3 is 2.97 bits per heavy atom. The van der Waals surface area contributed by atoms with Crippen molar-refractivity contribution in [2.24, 2.45) is 7.05 Å². The third-order valence-corrected chi connectivity index (χ3v) is 6.76. The molecule has 0 fully saturated rings. The molecule has 0 saturated heterocycles. The molecule has 1 amide bonds. The summed E-state index contributed by atoms with van der Waals surface area (Å²) in [6.07, 6.45) is 4.61. The second-order valence-corrected chi connectivity index (χ2v) is 9.12. The Morgan fingerprint density at radius 1 is 1.29 bits per heavy atom. The highest BCUT2D eigenvalue weighted by Crippen LogP contribution is 2.38. The lowest BCUT2D eigenvalue weighted by molar-refractivity contribution is 0.0954. The molecule has 2 aromatic heterocycles.